The first-order valence-electron chi connectivity index (χ1n) is 23.3. The van der Waals surface area contributed by atoms with Gasteiger partial charge in [0.25, 0.3) is 0 Å². The molecular weight excluding hydrogens is 801 g/mol. The first-order chi connectivity index (χ1) is 29.3. The Morgan fingerprint density at radius 1 is 0.790 bits per heavy atom. The Labute approximate surface area is 368 Å². The molecule has 0 amide bonds. The van der Waals surface area contributed by atoms with Crippen molar-refractivity contribution in [1.82, 2.24) is 0 Å². The van der Waals surface area contributed by atoms with Gasteiger partial charge in [-0.25, -0.2) is 0 Å². The van der Waals surface area contributed by atoms with Crippen molar-refractivity contribution in [3.63, 3.8) is 0 Å². The molecule has 15 unspecified atom stereocenters. The molecule has 14 heteroatoms. The quantitative estimate of drug-likeness (QED) is 0.159. The second kappa shape index (κ2) is 18.9. The van der Waals surface area contributed by atoms with Crippen molar-refractivity contribution in [2.45, 2.75) is 211 Å². The highest BCUT2D eigenvalue weighted by molar-refractivity contribution is 5.95. The highest BCUT2D eigenvalue weighted by atomic mass is 16.8. The molecule has 4 aliphatic carbocycles. The Hall–Kier alpha value is -1.66. The summed E-state index contributed by atoms with van der Waals surface area (Å²) >= 11 is 0. The standard InChI is InChI=1S/C48H76O14/c1-12-24(2)35(50)21-30-20-34-33(48(53)18-16-32(25(3)49)47(30,48)8)14-13-29-19-31(15-17-46(29,34)7)60-38-22-36(54-9)42(27(5)57-38)61-39-23-37(55-10)43(28(6)58-39)62-45-41(52)44(56-11)40(51)26(4)59-45/h12-13,26-28,30-34,36-45,51-53H,14-23H2,1-11H3/t26?,27?,28?,30-,31-,32+,33?,34?,36?,37?,38?,39?,40?,41?,42?,43?,44?,45?,46-,47+,48-/m0/s1. The van der Waals surface area contributed by atoms with Crippen molar-refractivity contribution < 1.29 is 67.5 Å². The van der Waals surface area contributed by atoms with Crippen molar-refractivity contribution in [3.05, 3.63) is 23.3 Å². The number of carbonyl (C=O) groups is 2. The second-order valence-corrected chi connectivity index (χ2v) is 20.2. The van der Waals surface area contributed by atoms with Crippen molar-refractivity contribution in [1.29, 1.82) is 0 Å². The molecule has 0 aromatic rings. The highest BCUT2D eigenvalue weighted by Crippen LogP contribution is 2.70. The third-order valence-corrected chi connectivity index (χ3v) is 17.2. The van der Waals surface area contributed by atoms with Crippen molar-refractivity contribution >= 4 is 11.6 Å². The van der Waals surface area contributed by atoms with E-state index in [9.17, 15) is 24.9 Å². The Kier molecular flexibility index (Phi) is 14.7. The minimum atomic E-state index is -1.21. The van der Waals surface area contributed by atoms with Gasteiger partial charge in [-0.3, -0.25) is 9.59 Å². The molecule has 352 valence electrons. The zero-order valence-electron chi connectivity index (χ0n) is 39.0. The molecule has 7 rings (SSSR count). The Morgan fingerprint density at radius 3 is 2.02 bits per heavy atom. The van der Waals surface area contributed by atoms with Gasteiger partial charge in [-0.15, -0.1) is 0 Å². The van der Waals surface area contributed by atoms with Gasteiger partial charge in [-0.1, -0.05) is 31.6 Å². The molecule has 0 aromatic heterocycles. The summed E-state index contributed by atoms with van der Waals surface area (Å²) in [5, 5.41) is 34.2. The van der Waals surface area contributed by atoms with Gasteiger partial charge in [-0.05, 0) is 115 Å². The summed E-state index contributed by atoms with van der Waals surface area (Å²) < 4.78 is 55.6. The lowest BCUT2D eigenvalue weighted by Crippen LogP contribution is -2.64. The van der Waals surface area contributed by atoms with E-state index in [1.807, 2.05) is 33.8 Å². The summed E-state index contributed by atoms with van der Waals surface area (Å²) in [5.41, 5.74) is 0.266. The number of aliphatic hydroxyl groups is 3. The smallest absolute Gasteiger partial charge is 0.187 e. The fraction of sp³-hybridized carbons (Fsp3) is 0.875. The first kappa shape index (κ1) is 48.3. The van der Waals surface area contributed by atoms with E-state index in [0.29, 0.717) is 32.1 Å². The van der Waals surface area contributed by atoms with E-state index in [0.717, 1.165) is 37.7 Å². The largest absolute Gasteiger partial charge is 0.389 e. The molecule has 21 atom stereocenters. The number of aliphatic hydroxyl groups excluding tert-OH is 2. The van der Waals surface area contributed by atoms with Gasteiger partial charge >= 0.3 is 0 Å². The van der Waals surface area contributed by atoms with Crippen LogP contribution in [0.3, 0.4) is 0 Å². The van der Waals surface area contributed by atoms with E-state index in [1.54, 1.807) is 28.1 Å². The molecule has 0 bridgehead atoms. The third-order valence-electron chi connectivity index (χ3n) is 17.2. The summed E-state index contributed by atoms with van der Waals surface area (Å²) in [7, 11) is 4.70. The highest BCUT2D eigenvalue weighted by Gasteiger charge is 2.70. The van der Waals surface area contributed by atoms with Gasteiger partial charge in [-0.2, -0.15) is 0 Å². The fourth-order valence-corrected chi connectivity index (χ4v) is 13.3. The normalized spacial score (nSPS) is 49.6. The maximum Gasteiger partial charge on any atom is 0.187 e. The van der Waals surface area contributed by atoms with Crippen LogP contribution in [-0.4, -0.2) is 140 Å². The maximum absolute atomic E-state index is 13.5. The van der Waals surface area contributed by atoms with Crippen LogP contribution < -0.4 is 0 Å². The van der Waals surface area contributed by atoms with Gasteiger partial charge in [0.1, 0.15) is 36.3 Å². The number of fused-ring (bicyclic) bond motifs is 5. The van der Waals surface area contributed by atoms with Crippen molar-refractivity contribution in [2.24, 2.45) is 34.5 Å². The van der Waals surface area contributed by atoms with Gasteiger partial charge in [0.15, 0.2) is 24.7 Å². The van der Waals surface area contributed by atoms with Crippen LogP contribution in [-0.2, 0) is 52.2 Å². The van der Waals surface area contributed by atoms with Gasteiger partial charge in [0.05, 0.1) is 42.2 Å². The number of rotatable bonds is 13. The van der Waals surface area contributed by atoms with Crippen molar-refractivity contribution in [2.75, 3.05) is 21.3 Å². The average molecular weight is 877 g/mol. The Balaban J connectivity index is 0.980. The van der Waals surface area contributed by atoms with Gasteiger partial charge in [0, 0.05) is 51.9 Å². The number of methoxy groups -OCH3 is 3. The number of ketones is 2. The van der Waals surface area contributed by atoms with Crippen LogP contribution in [0.2, 0.25) is 0 Å². The zero-order valence-corrected chi connectivity index (χ0v) is 39.0. The summed E-state index contributed by atoms with van der Waals surface area (Å²) in [6, 6.07) is 0. The summed E-state index contributed by atoms with van der Waals surface area (Å²) in [4.78, 5) is 26.7. The summed E-state index contributed by atoms with van der Waals surface area (Å²) in [6.07, 6.45) is 2.02. The van der Waals surface area contributed by atoms with Crippen LogP contribution >= 0.6 is 0 Å². The first-order valence-corrected chi connectivity index (χ1v) is 23.3. The van der Waals surface area contributed by atoms with Crippen LogP contribution in [0.5, 0.6) is 0 Å². The number of Topliss-reactive ketones (excluding diaryl/α,β-unsaturated/α-hetero) is 2. The zero-order chi connectivity index (χ0) is 45.1. The Morgan fingerprint density at radius 2 is 1.42 bits per heavy atom. The molecule has 0 radical (unpaired) electrons. The molecule has 0 aromatic carbocycles. The molecule has 3 saturated carbocycles. The molecule has 62 heavy (non-hydrogen) atoms. The molecule has 3 aliphatic heterocycles. The van der Waals surface area contributed by atoms with Crippen LogP contribution in [0.4, 0.5) is 0 Å². The molecule has 14 nitrogen and oxygen atoms in total. The van der Waals surface area contributed by atoms with Crippen LogP contribution in [0.1, 0.15) is 120 Å². The number of allylic oxidation sites excluding steroid dienone is 3. The fourth-order valence-electron chi connectivity index (χ4n) is 13.3. The maximum atomic E-state index is 13.5. The molecule has 7 aliphatic rings. The minimum absolute atomic E-state index is 0.0224. The SMILES string of the molecule is CC=C(C)C(=O)C[C@@H]1CC2C(CC=C3C[C@@H](OC4CC(OC)C(OC5CC(OC)C(OC6OC(C)C(O)C(OC)C6O)C(C)O5)C(C)O4)CC[C@@]32C)[C@@]2(O)CC[C@H](C(C)=O)[C@@]12C. The number of hydrogen-bond donors (Lipinski definition) is 3. The number of carbonyl (C=O) groups excluding carboxylic acids is 2. The summed E-state index contributed by atoms with van der Waals surface area (Å²) in [6.45, 7) is 15.4. The molecular formula is C48H76O14. The molecule has 6 fully saturated rings. The Bertz CT molecular complexity index is 1670. The lowest BCUT2D eigenvalue weighted by Gasteiger charge is -2.63. The average Bonchev–Trinajstić information content (AvgIpc) is 3.53. The van der Waals surface area contributed by atoms with Crippen LogP contribution in [0.15, 0.2) is 23.3 Å². The number of ether oxygens (including phenoxy) is 9. The van der Waals surface area contributed by atoms with Crippen LogP contribution in [0.25, 0.3) is 0 Å². The van der Waals surface area contributed by atoms with Crippen LogP contribution in [0, 0.1) is 34.5 Å². The molecule has 3 heterocycles. The predicted molar refractivity (Wildman–Crippen MR) is 227 cm³/mol. The van der Waals surface area contributed by atoms with Crippen molar-refractivity contribution in [3.8, 4) is 0 Å². The van der Waals surface area contributed by atoms with E-state index in [2.05, 4.69) is 19.9 Å². The van der Waals surface area contributed by atoms with E-state index in [-0.39, 0.29) is 59.0 Å². The topological polar surface area (TPSA) is 178 Å². The lowest BCUT2D eigenvalue weighted by atomic mass is 9.42. The third kappa shape index (κ3) is 8.49. The predicted octanol–water partition coefficient (Wildman–Crippen LogP) is 5.36. The monoisotopic (exact) mass is 877 g/mol. The van der Waals surface area contributed by atoms with E-state index in [1.165, 1.54) is 12.7 Å². The van der Waals surface area contributed by atoms with E-state index >= 15 is 0 Å². The minimum Gasteiger partial charge on any atom is -0.389 e. The van der Waals surface area contributed by atoms with E-state index in [4.69, 9.17) is 42.6 Å². The molecule has 0 spiro atoms. The number of hydrogen-bond acceptors (Lipinski definition) is 14. The van der Waals surface area contributed by atoms with Gasteiger partial charge in [0.2, 0.25) is 0 Å². The van der Waals surface area contributed by atoms with E-state index < -0.39 is 78.7 Å². The molecule has 3 N–H and O–H groups in total. The molecule has 3 saturated heterocycles. The second-order valence-electron chi connectivity index (χ2n) is 20.2. The van der Waals surface area contributed by atoms with Gasteiger partial charge < -0.3 is 58.0 Å². The summed E-state index contributed by atoms with van der Waals surface area (Å²) in [5.74, 6) is 0.0884. The lowest BCUT2D eigenvalue weighted by molar-refractivity contribution is -0.352.